The van der Waals surface area contributed by atoms with Crippen LogP contribution in [-0.2, 0) is 9.57 Å². The second-order valence-corrected chi connectivity index (χ2v) is 5.60. The summed E-state index contributed by atoms with van der Waals surface area (Å²) in [6, 6.07) is 0. The van der Waals surface area contributed by atoms with E-state index in [2.05, 4.69) is 36.8 Å². The highest BCUT2D eigenvalue weighted by Crippen LogP contribution is 2.36. The van der Waals surface area contributed by atoms with Gasteiger partial charge in [0.2, 0.25) is 0 Å². The lowest BCUT2D eigenvalue weighted by Crippen LogP contribution is -2.41. The van der Waals surface area contributed by atoms with Crippen LogP contribution < -0.4 is 0 Å². The molecule has 6 nitrogen and oxygen atoms in total. The summed E-state index contributed by atoms with van der Waals surface area (Å²) in [7, 11) is 1.68. The number of rotatable bonds is 5. The zero-order valence-corrected chi connectivity index (χ0v) is 13.7. The smallest absolute Gasteiger partial charge is 0.139 e. The molecule has 1 unspecified atom stereocenters. The number of hydrogen-bond acceptors (Lipinski definition) is 6. The second kappa shape index (κ2) is 6.14. The van der Waals surface area contributed by atoms with Crippen molar-refractivity contribution in [2.75, 3.05) is 26.9 Å². The van der Waals surface area contributed by atoms with Gasteiger partial charge in [0, 0.05) is 19.4 Å². The molecule has 0 saturated heterocycles. The largest absolute Gasteiger partial charge is 0.367 e. The predicted molar refractivity (Wildman–Crippen MR) is 85.3 cm³/mol. The lowest BCUT2D eigenvalue weighted by Gasteiger charge is -2.40. The van der Waals surface area contributed by atoms with Gasteiger partial charge in [0.25, 0.3) is 0 Å². The molecule has 0 aromatic heterocycles. The summed E-state index contributed by atoms with van der Waals surface area (Å²) >= 11 is 0. The van der Waals surface area contributed by atoms with Gasteiger partial charge < -0.3 is 14.5 Å². The molecule has 1 atom stereocenters. The third-order valence-corrected chi connectivity index (χ3v) is 4.05. The van der Waals surface area contributed by atoms with Crippen LogP contribution in [0.3, 0.4) is 0 Å². The zero-order valence-electron chi connectivity index (χ0n) is 13.7. The monoisotopic (exact) mass is 304 g/mol. The van der Waals surface area contributed by atoms with Gasteiger partial charge in [-0.1, -0.05) is 6.92 Å². The van der Waals surface area contributed by atoms with E-state index < -0.39 is 0 Å². The topological polar surface area (TPSA) is 40.5 Å². The van der Waals surface area contributed by atoms with Crippen molar-refractivity contribution in [3.05, 3.63) is 35.2 Å². The number of allylic oxidation sites excluding steroid dienone is 1. The van der Waals surface area contributed by atoms with Crippen molar-refractivity contribution in [1.29, 1.82) is 0 Å². The van der Waals surface area contributed by atoms with Crippen LogP contribution in [0.4, 0.5) is 0 Å². The highest BCUT2D eigenvalue weighted by atomic mass is 16.7. The van der Waals surface area contributed by atoms with E-state index in [0.717, 1.165) is 36.8 Å². The minimum Gasteiger partial charge on any atom is -0.367 e. The van der Waals surface area contributed by atoms with Gasteiger partial charge in [0.1, 0.15) is 24.3 Å². The van der Waals surface area contributed by atoms with E-state index in [1.54, 1.807) is 12.2 Å². The molecule has 3 aliphatic rings. The summed E-state index contributed by atoms with van der Waals surface area (Å²) in [6.07, 6.45) is 6.97. The minimum absolute atomic E-state index is 0.0628. The highest BCUT2D eigenvalue weighted by molar-refractivity contribution is 5.81. The molecular weight excluding hydrogens is 280 g/mol. The first-order valence-electron chi connectivity index (χ1n) is 7.84. The van der Waals surface area contributed by atoms with Gasteiger partial charge in [-0.05, 0) is 25.8 Å². The van der Waals surface area contributed by atoms with E-state index in [1.165, 1.54) is 5.57 Å². The minimum atomic E-state index is -0.0628. The Morgan fingerprint density at radius 2 is 2.14 bits per heavy atom. The fraction of sp³-hybridized carbons (Fsp3) is 0.562. The number of nitrogens with zero attached hydrogens (tertiary/aromatic N) is 4. The summed E-state index contributed by atoms with van der Waals surface area (Å²) in [5.41, 5.74) is 3.23. The molecule has 3 aliphatic heterocycles. The number of fused-ring (bicyclic) bond motifs is 2. The Balaban J connectivity index is 1.96. The molecule has 0 spiro atoms. The van der Waals surface area contributed by atoms with E-state index in [4.69, 9.17) is 14.6 Å². The first-order chi connectivity index (χ1) is 10.7. The van der Waals surface area contributed by atoms with Crippen molar-refractivity contribution in [1.82, 2.24) is 14.9 Å². The van der Waals surface area contributed by atoms with Crippen LogP contribution in [-0.4, -0.2) is 54.1 Å². The van der Waals surface area contributed by atoms with Gasteiger partial charge >= 0.3 is 0 Å². The number of ether oxygens (including phenoxy) is 1. The van der Waals surface area contributed by atoms with Crippen molar-refractivity contribution >= 4 is 6.21 Å². The van der Waals surface area contributed by atoms with E-state index in [0.29, 0.717) is 6.67 Å². The van der Waals surface area contributed by atoms with Gasteiger partial charge in [-0.15, -0.1) is 0 Å². The lowest BCUT2D eigenvalue weighted by atomic mass is 10.0. The second-order valence-electron chi connectivity index (χ2n) is 5.60. The molecular formula is C16H24N4O2. The van der Waals surface area contributed by atoms with E-state index in [1.807, 2.05) is 12.4 Å². The Morgan fingerprint density at radius 1 is 1.32 bits per heavy atom. The molecule has 0 bridgehead atoms. The van der Waals surface area contributed by atoms with Gasteiger partial charge in [-0.3, -0.25) is 9.83 Å². The summed E-state index contributed by atoms with van der Waals surface area (Å²) in [4.78, 5) is 14.5. The Bertz CT molecular complexity index is 564. The highest BCUT2D eigenvalue weighted by Gasteiger charge is 2.37. The first-order valence-corrected chi connectivity index (χ1v) is 7.84. The fourth-order valence-electron chi connectivity index (χ4n) is 2.98. The summed E-state index contributed by atoms with van der Waals surface area (Å²) in [5.74, 6) is 1.10. The third kappa shape index (κ3) is 2.42. The Morgan fingerprint density at radius 3 is 2.82 bits per heavy atom. The van der Waals surface area contributed by atoms with Crippen molar-refractivity contribution in [3.8, 4) is 0 Å². The third-order valence-electron chi connectivity index (χ3n) is 4.05. The molecule has 0 saturated carbocycles. The maximum absolute atomic E-state index is 6.05. The molecule has 0 N–H and O–H groups in total. The van der Waals surface area contributed by atoms with E-state index in [-0.39, 0.29) is 6.10 Å². The maximum Gasteiger partial charge on any atom is 0.139 e. The van der Waals surface area contributed by atoms with Crippen LogP contribution in [0.5, 0.6) is 0 Å². The summed E-state index contributed by atoms with van der Waals surface area (Å²) in [5, 5.41) is 1.80. The average molecular weight is 304 g/mol. The van der Waals surface area contributed by atoms with Gasteiger partial charge in [-0.25, -0.2) is 5.06 Å². The Hall–Kier alpha value is -1.79. The Labute approximate surface area is 131 Å². The predicted octanol–water partition coefficient (Wildman–Crippen LogP) is 2.25. The lowest BCUT2D eigenvalue weighted by molar-refractivity contribution is -0.0970. The Kier molecular flexibility index (Phi) is 4.22. The van der Waals surface area contributed by atoms with Crippen molar-refractivity contribution in [2.45, 2.75) is 33.3 Å². The van der Waals surface area contributed by atoms with E-state index >= 15 is 0 Å². The number of hydrogen-bond donors (Lipinski definition) is 0. The summed E-state index contributed by atoms with van der Waals surface area (Å²) in [6.45, 7) is 8.68. The molecule has 22 heavy (non-hydrogen) atoms. The molecule has 0 aromatic carbocycles. The molecule has 0 aromatic rings. The number of aliphatic imine (C=N–C) groups is 1. The van der Waals surface area contributed by atoms with Gasteiger partial charge in [0.15, 0.2) is 0 Å². The zero-order chi connectivity index (χ0) is 15.7. The van der Waals surface area contributed by atoms with Crippen LogP contribution in [0.2, 0.25) is 0 Å². The molecule has 3 rings (SSSR count). The van der Waals surface area contributed by atoms with Crippen LogP contribution in [0.25, 0.3) is 0 Å². The molecule has 0 fully saturated rings. The van der Waals surface area contributed by atoms with Gasteiger partial charge in [0.05, 0.1) is 25.2 Å². The average Bonchev–Trinajstić information content (AvgIpc) is 2.96. The first kappa shape index (κ1) is 15.1. The van der Waals surface area contributed by atoms with Crippen LogP contribution in [0.15, 0.2) is 40.2 Å². The SMILES string of the molecule is CCCOC1C(C)=CN(CC)C2=C1N=CC1=CN(OC)CN12. The molecule has 3 heterocycles. The molecule has 0 aliphatic carbocycles. The van der Waals surface area contributed by atoms with Crippen LogP contribution in [0, 0.1) is 0 Å². The molecule has 0 radical (unpaired) electrons. The van der Waals surface area contributed by atoms with Crippen molar-refractivity contribution < 1.29 is 9.57 Å². The van der Waals surface area contributed by atoms with Crippen molar-refractivity contribution in [3.63, 3.8) is 0 Å². The van der Waals surface area contributed by atoms with Crippen LogP contribution >= 0.6 is 0 Å². The normalized spacial score (nSPS) is 23.6. The molecule has 0 amide bonds. The van der Waals surface area contributed by atoms with Gasteiger partial charge in [-0.2, -0.15) is 0 Å². The molecule has 6 heteroatoms. The van der Waals surface area contributed by atoms with Crippen LogP contribution in [0.1, 0.15) is 27.2 Å². The van der Waals surface area contributed by atoms with Crippen molar-refractivity contribution in [2.24, 2.45) is 4.99 Å². The maximum atomic E-state index is 6.05. The standard InChI is InChI=1S/C16H24N4O2/c1-5-7-22-15-12(3)9-18(6-2)16-14(15)17-8-13-10-19(21-4)11-20(13)16/h8-10,15H,5-7,11H2,1-4H3. The fourth-order valence-corrected chi connectivity index (χ4v) is 2.98. The summed E-state index contributed by atoms with van der Waals surface area (Å²) < 4.78 is 6.05. The van der Waals surface area contributed by atoms with E-state index in [9.17, 15) is 0 Å². The quantitative estimate of drug-likeness (QED) is 0.779. The molecule has 120 valence electrons. The number of hydroxylamine groups is 2.